The quantitative estimate of drug-likeness (QED) is 0.343. The van der Waals surface area contributed by atoms with E-state index in [2.05, 4.69) is 81.9 Å². The zero-order valence-electron chi connectivity index (χ0n) is 20.5. The predicted molar refractivity (Wildman–Crippen MR) is 145 cm³/mol. The first-order valence-corrected chi connectivity index (χ1v) is 13.4. The molecule has 184 valence electrons. The van der Waals surface area contributed by atoms with Crippen molar-refractivity contribution >= 4 is 17.7 Å². The standard InChI is InChI=1S/C29H31N5OS/c1-22-12-14-24(15-13-22)28-31-32-29(34(28)26-10-6-3-7-11-26)36-21-27(35)30-25-16-18-33(19-17-25)20-23-8-4-2-5-9-23/h2-15,25H,16-21H2,1H3,(H,30,35). The largest absolute Gasteiger partial charge is 0.353 e. The van der Waals surface area contributed by atoms with Crippen LogP contribution in [0.4, 0.5) is 0 Å². The van der Waals surface area contributed by atoms with E-state index >= 15 is 0 Å². The van der Waals surface area contributed by atoms with Gasteiger partial charge in [0.25, 0.3) is 0 Å². The van der Waals surface area contributed by atoms with E-state index in [-0.39, 0.29) is 11.9 Å². The maximum Gasteiger partial charge on any atom is 0.230 e. The number of nitrogens with zero attached hydrogens (tertiary/aromatic N) is 4. The number of benzene rings is 3. The van der Waals surface area contributed by atoms with Crippen molar-refractivity contribution in [2.45, 2.75) is 37.5 Å². The van der Waals surface area contributed by atoms with E-state index in [0.29, 0.717) is 10.9 Å². The number of carbonyl (C=O) groups excluding carboxylic acids is 1. The molecule has 0 spiro atoms. The van der Waals surface area contributed by atoms with Crippen LogP contribution >= 0.6 is 11.8 Å². The van der Waals surface area contributed by atoms with Crippen LogP contribution in [0.25, 0.3) is 17.1 Å². The van der Waals surface area contributed by atoms with Crippen LogP contribution in [0.5, 0.6) is 0 Å². The second-order valence-corrected chi connectivity index (χ2v) is 10.2. The minimum Gasteiger partial charge on any atom is -0.353 e. The third-order valence-corrected chi connectivity index (χ3v) is 7.42. The Morgan fingerprint density at radius 3 is 2.28 bits per heavy atom. The van der Waals surface area contributed by atoms with E-state index in [1.54, 1.807) is 0 Å². The van der Waals surface area contributed by atoms with Crippen LogP contribution in [-0.4, -0.2) is 50.5 Å². The summed E-state index contributed by atoms with van der Waals surface area (Å²) < 4.78 is 2.03. The molecule has 0 aliphatic carbocycles. The molecule has 1 fully saturated rings. The Labute approximate surface area is 216 Å². The molecule has 5 rings (SSSR count). The monoisotopic (exact) mass is 497 g/mol. The summed E-state index contributed by atoms with van der Waals surface area (Å²) in [4.78, 5) is 15.3. The van der Waals surface area contributed by atoms with Crippen molar-refractivity contribution in [3.63, 3.8) is 0 Å². The van der Waals surface area contributed by atoms with Crippen LogP contribution in [0.1, 0.15) is 24.0 Å². The number of piperidine rings is 1. The fourth-order valence-electron chi connectivity index (χ4n) is 4.54. The number of aryl methyl sites for hydroxylation is 1. The number of aromatic nitrogens is 3. The van der Waals surface area contributed by atoms with Gasteiger partial charge in [0.2, 0.25) is 5.91 Å². The molecule has 1 amide bonds. The van der Waals surface area contributed by atoms with E-state index < -0.39 is 0 Å². The van der Waals surface area contributed by atoms with Gasteiger partial charge in [0.15, 0.2) is 11.0 Å². The van der Waals surface area contributed by atoms with Crippen molar-refractivity contribution in [2.24, 2.45) is 0 Å². The van der Waals surface area contributed by atoms with Gasteiger partial charge in [-0.3, -0.25) is 14.3 Å². The van der Waals surface area contributed by atoms with Gasteiger partial charge in [-0.1, -0.05) is 90.1 Å². The number of amides is 1. The number of rotatable bonds is 8. The Hall–Kier alpha value is -3.42. The van der Waals surface area contributed by atoms with Gasteiger partial charge in [-0.15, -0.1) is 10.2 Å². The highest BCUT2D eigenvalue weighted by Crippen LogP contribution is 2.28. The summed E-state index contributed by atoms with van der Waals surface area (Å²) in [6.45, 7) is 5.03. The second-order valence-electron chi connectivity index (χ2n) is 9.24. The number of carbonyl (C=O) groups is 1. The summed E-state index contributed by atoms with van der Waals surface area (Å²) in [7, 11) is 0. The zero-order chi connectivity index (χ0) is 24.7. The molecule has 0 atom stereocenters. The van der Waals surface area contributed by atoms with Crippen molar-refractivity contribution in [3.8, 4) is 17.1 Å². The van der Waals surface area contributed by atoms with Crippen molar-refractivity contribution in [2.75, 3.05) is 18.8 Å². The predicted octanol–water partition coefficient (Wildman–Crippen LogP) is 5.12. The normalized spacial score (nSPS) is 14.6. The fourth-order valence-corrected chi connectivity index (χ4v) is 5.30. The molecule has 0 bridgehead atoms. The van der Waals surface area contributed by atoms with Gasteiger partial charge < -0.3 is 5.32 Å². The van der Waals surface area contributed by atoms with Gasteiger partial charge in [-0.25, -0.2) is 0 Å². The SMILES string of the molecule is Cc1ccc(-c2nnc(SCC(=O)NC3CCN(Cc4ccccc4)CC3)n2-c2ccccc2)cc1. The molecule has 0 radical (unpaired) electrons. The average molecular weight is 498 g/mol. The zero-order valence-corrected chi connectivity index (χ0v) is 21.3. The van der Waals surface area contributed by atoms with Crippen molar-refractivity contribution in [1.29, 1.82) is 0 Å². The van der Waals surface area contributed by atoms with E-state index in [4.69, 9.17) is 0 Å². The number of para-hydroxylation sites is 1. The lowest BCUT2D eigenvalue weighted by atomic mass is 10.0. The van der Waals surface area contributed by atoms with E-state index in [1.807, 2.05) is 34.9 Å². The summed E-state index contributed by atoms with van der Waals surface area (Å²) in [6.07, 6.45) is 1.95. The molecule has 4 aromatic rings. The van der Waals surface area contributed by atoms with Crippen molar-refractivity contribution < 1.29 is 4.79 Å². The highest BCUT2D eigenvalue weighted by molar-refractivity contribution is 7.99. The highest BCUT2D eigenvalue weighted by atomic mass is 32.2. The Kier molecular flexibility index (Phi) is 7.79. The Morgan fingerprint density at radius 2 is 1.58 bits per heavy atom. The molecular formula is C29H31N5OS. The second kappa shape index (κ2) is 11.5. The van der Waals surface area contributed by atoms with Crippen LogP contribution in [0, 0.1) is 6.92 Å². The summed E-state index contributed by atoms with van der Waals surface area (Å²) >= 11 is 1.43. The lowest BCUT2D eigenvalue weighted by molar-refractivity contribution is -0.119. The number of hydrogen-bond acceptors (Lipinski definition) is 5. The third kappa shape index (κ3) is 6.04. The first kappa shape index (κ1) is 24.3. The topological polar surface area (TPSA) is 63.1 Å². The molecule has 0 unspecified atom stereocenters. The first-order chi connectivity index (χ1) is 17.7. The maximum atomic E-state index is 12.8. The minimum atomic E-state index is 0.0426. The molecule has 1 saturated heterocycles. The van der Waals surface area contributed by atoms with E-state index in [9.17, 15) is 4.79 Å². The molecule has 7 heteroatoms. The van der Waals surface area contributed by atoms with Crippen molar-refractivity contribution in [1.82, 2.24) is 25.0 Å². The van der Waals surface area contributed by atoms with E-state index in [1.165, 1.54) is 22.9 Å². The Bertz CT molecular complexity index is 1270. The summed E-state index contributed by atoms with van der Waals surface area (Å²) in [6, 6.07) is 29.1. The van der Waals surface area contributed by atoms with Gasteiger partial charge >= 0.3 is 0 Å². The lowest BCUT2D eigenvalue weighted by Gasteiger charge is -2.32. The van der Waals surface area contributed by atoms with E-state index in [0.717, 1.165) is 49.6 Å². The Balaban J connectivity index is 1.20. The molecule has 6 nitrogen and oxygen atoms in total. The molecule has 3 aromatic carbocycles. The summed E-state index contributed by atoms with van der Waals surface area (Å²) in [5, 5.41) is 12.9. The maximum absolute atomic E-state index is 12.8. The number of thioether (sulfide) groups is 1. The van der Waals surface area contributed by atoms with Gasteiger partial charge in [-0.05, 0) is 37.5 Å². The molecule has 2 heterocycles. The molecule has 36 heavy (non-hydrogen) atoms. The molecule has 1 aliphatic heterocycles. The first-order valence-electron chi connectivity index (χ1n) is 12.4. The molecule has 0 saturated carbocycles. The van der Waals surface area contributed by atoms with Gasteiger partial charge in [0.05, 0.1) is 5.75 Å². The molecule has 1 aromatic heterocycles. The number of likely N-dealkylation sites (tertiary alicyclic amines) is 1. The highest BCUT2D eigenvalue weighted by Gasteiger charge is 2.22. The van der Waals surface area contributed by atoms with Crippen LogP contribution in [0.2, 0.25) is 0 Å². The van der Waals surface area contributed by atoms with Crippen LogP contribution in [0.3, 0.4) is 0 Å². The molecule has 1 aliphatic rings. The third-order valence-electron chi connectivity index (χ3n) is 6.49. The lowest BCUT2D eigenvalue weighted by Crippen LogP contribution is -2.44. The number of nitrogens with one attached hydrogen (secondary N) is 1. The summed E-state index contributed by atoms with van der Waals surface area (Å²) in [5.41, 5.74) is 4.51. The Morgan fingerprint density at radius 1 is 0.917 bits per heavy atom. The smallest absolute Gasteiger partial charge is 0.230 e. The van der Waals surface area contributed by atoms with Crippen LogP contribution in [-0.2, 0) is 11.3 Å². The van der Waals surface area contributed by atoms with Crippen LogP contribution in [0.15, 0.2) is 90.1 Å². The molecular weight excluding hydrogens is 466 g/mol. The average Bonchev–Trinajstić information content (AvgIpc) is 3.34. The van der Waals surface area contributed by atoms with Crippen LogP contribution < -0.4 is 5.32 Å². The van der Waals surface area contributed by atoms with Gasteiger partial charge in [-0.2, -0.15) is 0 Å². The van der Waals surface area contributed by atoms with Gasteiger partial charge in [0, 0.05) is 36.9 Å². The van der Waals surface area contributed by atoms with Gasteiger partial charge in [0.1, 0.15) is 0 Å². The number of hydrogen-bond donors (Lipinski definition) is 1. The molecule has 1 N–H and O–H groups in total. The van der Waals surface area contributed by atoms with Crippen molar-refractivity contribution in [3.05, 3.63) is 96.1 Å². The minimum absolute atomic E-state index is 0.0426. The fraction of sp³-hybridized carbons (Fsp3) is 0.276. The summed E-state index contributed by atoms with van der Waals surface area (Å²) in [5.74, 6) is 1.12.